The first kappa shape index (κ1) is 34.0. The van der Waals surface area contributed by atoms with Gasteiger partial charge in [-0.3, -0.25) is 9.58 Å². The van der Waals surface area contributed by atoms with Crippen molar-refractivity contribution in [3.8, 4) is 11.3 Å². The molecule has 10 nitrogen and oxygen atoms in total. The van der Waals surface area contributed by atoms with Crippen LogP contribution in [0.5, 0.6) is 0 Å². The molecule has 3 aromatic rings. The minimum absolute atomic E-state index is 0.0748. The number of nitrogens with one attached hydrogen (secondary N) is 1. The second-order valence-electron chi connectivity index (χ2n) is 11.4. The Morgan fingerprint density at radius 3 is 2.30 bits per heavy atom. The van der Waals surface area contributed by atoms with Gasteiger partial charge in [-0.05, 0) is 42.2 Å². The zero-order valence-electron chi connectivity index (χ0n) is 24.5. The highest BCUT2D eigenvalue weighted by Crippen LogP contribution is 2.32. The molecule has 0 spiro atoms. The molecule has 0 bridgehead atoms. The van der Waals surface area contributed by atoms with Gasteiger partial charge in [0, 0.05) is 24.5 Å². The fourth-order valence-electron chi connectivity index (χ4n) is 4.75. The van der Waals surface area contributed by atoms with E-state index < -0.39 is 58.0 Å². The fraction of sp³-hybridized carbons (Fsp3) is 0.483. The Bertz CT molecular complexity index is 1440. The van der Waals surface area contributed by atoms with Crippen LogP contribution in [0.4, 0.5) is 18.0 Å². The number of hydrogen-bond acceptors (Lipinski definition) is 6. The normalized spacial score (nSPS) is 14.7. The quantitative estimate of drug-likeness (QED) is 0.236. The molecule has 0 radical (unpaired) electrons. The van der Waals surface area contributed by atoms with Gasteiger partial charge in [0.2, 0.25) is 0 Å². The number of pyridine rings is 1. The molecule has 0 aliphatic rings. The first-order valence-electron chi connectivity index (χ1n) is 13.9. The van der Waals surface area contributed by atoms with Gasteiger partial charge in [-0.2, -0.15) is 18.3 Å². The number of carbonyl (C=O) groups is 1. The summed E-state index contributed by atoms with van der Waals surface area (Å²) in [5, 5.41) is 25.9. The third-order valence-corrected chi connectivity index (χ3v) is 8.45. The molecule has 3 N–H and O–H groups in total. The van der Waals surface area contributed by atoms with Gasteiger partial charge in [0.15, 0.2) is 5.03 Å². The van der Waals surface area contributed by atoms with Gasteiger partial charge in [0.25, 0.3) is 10.0 Å². The molecule has 2 aromatic heterocycles. The number of aromatic nitrogens is 3. The number of unbranched alkanes of at least 4 members (excludes halogenated alkanes) is 1. The van der Waals surface area contributed by atoms with Crippen LogP contribution in [0.2, 0.25) is 0 Å². The van der Waals surface area contributed by atoms with Gasteiger partial charge in [0.05, 0.1) is 36.0 Å². The maximum atomic E-state index is 13.0. The highest BCUT2D eigenvalue weighted by molar-refractivity contribution is 7.89. The van der Waals surface area contributed by atoms with Crippen molar-refractivity contribution in [2.45, 2.75) is 82.9 Å². The largest absolute Gasteiger partial charge is 0.465 e. The van der Waals surface area contributed by atoms with Crippen LogP contribution in [-0.4, -0.2) is 69.1 Å². The third-order valence-electron chi connectivity index (χ3n) is 7.12. The molecule has 1 aromatic carbocycles. The van der Waals surface area contributed by atoms with E-state index in [9.17, 15) is 36.6 Å². The zero-order valence-corrected chi connectivity index (χ0v) is 25.3. The smallest absolute Gasteiger partial charge is 0.416 e. The number of nitrogens with zero attached hydrogens (tertiary/aromatic N) is 4. The number of alkyl halides is 3. The molecule has 236 valence electrons. The van der Waals surface area contributed by atoms with Crippen LogP contribution in [0, 0.1) is 5.41 Å². The lowest BCUT2D eigenvalue weighted by Crippen LogP contribution is -2.58. The Morgan fingerprint density at radius 1 is 1.09 bits per heavy atom. The Balaban J connectivity index is 1.88. The van der Waals surface area contributed by atoms with Crippen LogP contribution >= 0.6 is 0 Å². The lowest BCUT2D eigenvalue weighted by atomic mass is 9.84. The van der Waals surface area contributed by atoms with Crippen LogP contribution < -0.4 is 4.72 Å². The molecule has 43 heavy (non-hydrogen) atoms. The van der Waals surface area contributed by atoms with E-state index in [1.54, 1.807) is 18.3 Å². The van der Waals surface area contributed by atoms with Crippen molar-refractivity contribution in [1.29, 1.82) is 0 Å². The second-order valence-corrected chi connectivity index (χ2v) is 13.1. The number of amides is 1. The lowest BCUT2D eigenvalue weighted by Gasteiger charge is -2.44. The predicted octanol–water partition coefficient (Wildman–Crippen LogP) is 5.26. The molecule has 3 atom stereocenters. The van der Waals surface area contributed by atoms with Crippen molar-refractivity contribution in [3.05, 3.63) is 66.5 Å². The minimum atomic E-state index is -4.46. The Labute approximate surface area is 249 Å². The molecule has 3 rings (SSSR count). The number of aliphatic hydroxyl groups excluding tert-OH is 1. The molecule has 0 aliphatic heterocycles. The number of carboxylic acid groups (broad SMARTS) is 1. The van der Waals surface area contributed by atoms with Gasteiger partial charge in [-0.1, -0.05) is 58.7 Å². The van der Waals surface area contributed by atoms with Gasteiger partial charge in [-0.25, -0.2) is 22.9 Å². The van der Waals surface area contributed by atoms with Crippen molar-refractivity contribution in [3.63, 3.8) is 0 Å². The zero-order chi connectivity index (χ0) is 32.0. The molecule has 0 saturated carbocycles. The summed E-state index contributed by atoms with van der Waals surface area (Å²) in [4.78, 5) is 17.8. The molecule has 0 aliphatic carbocycles. The Hall–Kier alpha value is -3.49. The lowest BCUT2D eigenvalue weighted by molar-refractivity contribution is -0.137. The van der Waals surface area contributed by atoms with E-state index >= 15 is 0 Å². The number of benzene rings is 1. The van der Waals surface area contributed by atoms with E-state index in [-0.39, 0.29) is 18.0 Å². The van der Waals surface area contributed by atoms with E-state index in [0.717, 1.165) is 12.1 Å². The average Bonchev–Trinajstić information content (AvgIpc) is 3.41. The van der Waals surface area contributed by atoms with E-state index in [1.165, 1.54) is 40.0 Å². The van der Waals surface area contributed by atoms with Crippen molar-refractivity contribution in [2.75, 3.05) is 6.54 Å². The topological polar surface area (TPSA) is 138 Å². The summed E-state index contributed by atoms with van der Waals surface area (Å²) in [5.74, 6) is 0. The molecule has 14 heteroatoms. The van der Waals surface area contributed by atoms with Crippen LogP contribution in [0.1, 0.15) is 52.5 Å². The highest BCUT2D eigenvalue weighted by Gasteiger charge is 2.41. The Kier molecular flexibility index (Phi) is 11.0. The first-order valence-corrected chi connectivity index (χ1v) is 15.3. The number of aliphatic hydroxyl groups is 1. The number of hydrogen-bond donors (Lipinski definition) is 3. The molecule has 0 fully saturated rings. The summed E-state index contributed by atoms with van der Waals surface area (Å²) in [6, 6.07) is 8.92. The average molecular weight is 626 g/mol. The van der Waals surface area contributed by atoms with E-state index in [0.29, 0.717) is 24.1 Å². The number of rotatable bonds is 13. The van der Waals surface area contributed by atoms with Gasteiger partial charge in [-0.15, -0.1) is 0 Å². The molecule has 2 heterocycles. The van der Waals surface area contributed by atoms with Crippen molar-refractivity contribution in [1.82, 2.24) is 24.4 Å². The van der Waals surface area contributed by atoms with Gasteiger partial charge in [0.1, 0.15) is 0 Å². The summed E-state index contributed by atoms with van der Waals surface area (Å²) >= 11 is 0. The summed E-state index contributed by atoms with van der Waals surface area (Å²) in [7, 11) is -4.05. The minimum Gasteiger partial charge on any atom is -0.465 e. The van der Waals surface area contributed by atoms with Crippen molar-refractivity contribution in [2.24, 2.45) is 5.41 Å². The van der Waals surface area contributed by atoms with Crippen LogP contribution in [0.3, 0.4) is 0 Å². The number of sulfonamides is 1. The first-order chi connectivity index (χ1) is 20.0. The standard InChI is InChI=1S/C29H38F3N5O5S/c1-5-6-9-23(24(38)18-34-43(41,42)26-10-7-8-16-33-26)37(27(39)40)25(28(2,3)4)19-36-17-15-22(35-36)20-11-13-21(14-12-20)29(30,31)32/h7-8,10-17,23-25,34,38H,5-6,9,18-19H2,1-4H3,(H,39,40)/t23-,24+,25?/m0/s1. The fourth-order valence-corrected chi connectivity index (χ4v) is 5.75. The molecule has 0 saturated heterocycles. The van der Waals surface area contributed by atoms with E-state index in [4.69, 9.17) is 0 Å². The van der Waals surface area contributed by atoms with E-state index in [1.807, 2.05) is 27.7 Å². The molecule has 1 unspecified atom stereocenters. The monoisotopic (exact) mass is 625 g/mol. The van der Waals surface area contributed by atoms with Crippen LogP contribution in [0.15, 0.2) is 66.0 Å². The molecule has 1 amide bonds. The molecular weight excluding hydrogens is 587 g/mol. The summed E-state index contributed by atoms with van der Waals surface area (Å²) < 4.78 is 68.2. The summed E-state index contributed by atoms with van der Waals surface area (Å²) in [6.45, 7) is 7.11. The Morgan fingerprint density at radius 2 is 1.77 bits per heavy atom. The maximum absolute atomic E-state index is 13.0. The second kappa shape index (κ2) is 13.9. The summed E-state index contributed by atoms with van der Waals surface area (Å²) in [5.41, 5.74) is -0.559. The molecular formula is C29H38F3N5O5S. The highest BCUT2D eigenvalue weighted by atomic mass is 32.2. The van der Waals surface area contributed by atoms with Crippen LogP contribution in [-0.2, 0) is 22.7 Å². The SMILES string of the molecule is CCCC[C@@H]([C@H](O)CNS(=O)(=O)c1ccccn1)N(C(=O)O)C(Cn1ccc(-c2ccc(C(F)(F)F)cc2)n1)C(C)(C)C. The van der Waals surface area contributed by atoms with E-state index in [2.05, 4.69) is 14.8 Å². The third kappa shape index (κ3) is 9.00. The predicted molar refractivity (Wildman–Crippen MR) is 155 cm³/mol. The van der Waals surface area contributed by atoms with Crippen LogP contribution in [0.25, 0.3) is 11.3 Å². The maximum Gasteiger partial charge on any atom is 0.416 e. The van der Waals surface area contributed by atoms with Crippen molar-refractivity contribution >= 4 is 16.1 Å². The van der Waals surface area contributed by atoms with Gasteiger partial charge >= 0.3 is 12.3 Å². The van der Waals surface area contributed by atoms with Gasteiger partial charge < -0.3 is 10.2 Å². The van der Waals surface area contributed by atoms with Crippen molar-refractivity contribution < 1.29 is 36.6 Å². The summed E-state index contributed by atoms with van der Waals surface area (Å²) in [6.07, 6.45) is -2.62. The number of halogens is 3.